The first-order chi connectivity index (χ1) is 24.2. The zero-order chi connectivity index (χ0) is 33.9. The van der Waals surface area contributed by atoms with E-state index in [1.807, 2.05) is 24.3 Å². The molecule has 2 aliphatic heterocycles. The Morgan fingerprint density at radius 3 is 1.08 bits per heavy atom. The highest BCUT2D eigenvalue weighted by Gasteiger charge is 2.36. The van der Waals surface area contributed by atoms with Gasteiger partial charge in [-0.3, -0.25) is 9.59 Å². The average Bonchev–Trinajstić information content (AvgIpc) is 3.37. The third-order valence-electron chi connectivity index (χ3n) is 7.20. The van der Waals surface area contributed by atoms with Crippen molar-refractivity contribution in [1.82, 2.24) is 0 Å². The van der Waals surface area contributed by atoms with Crippen molar-refractivity contribution in [3.05, 3.63) is 77.9 Å². The molecule has 0 spiro atoms. The van der Waals surface area contributed by atoms with Gasteiger partial charge in [0.1, 0.15) is 49.4 Å². The molecule has 0 N–H and O–H groups in total. The van der Waals surface area contributed by atoms with Gasteiger partial charge in [0.2, 0.25) is 0 Å². The van der Waals surface area contributed by atoms with Crippen LogP contribution in [0.4, 0.5) is 5.69 Å². The summed E-state index contributed by atoms with van der Waals surface area (Å²) in [5, 5.41) is 0. The predicted octanol–water partition coefficient (Wildman–Crippen LogP) is 3.82. The first kappa shape index (κ1) is 36.1. The lowest BCUT2D eigenvalue weighted by atomic mass is 10.1. The molecule has 264 valence electrons. The van der Waals surface area contributed by atoms with Crippen molar-refractivity contribution >= 4 is 17.5 Å². The topological polar surface area (TPSA) is 130 Å². The first-order valence-electron chi connectivity index (χ1n) is 16.4. The molecule has 13 nitrogen and oxygen atoms in total. The van der Waals surface area contributed by atoms with Crippen molar-refractivity contribution in [3.63, 3.8) is 0 Å². The summed E-state index contributed by atoms with van der Waals surface area (Å²) in [4.78, 5) is 27.4. The Kier molecular flexibility index (Phi) is 14.9. The number of carbonyl (C=O) groups excluding carboxylic acids is 2. The Bertz CT molecular complexity index is 1370. The normalized spacial score (nSPS) is 18.7. The molecule has 49 heavy (non-hydrogen) atoms. The monoisotopic (exact) mass is 681 g/mol. The van der Waals surface area contributed by atoms with Crippen LogP contribution in [0.3, 0.4) is 0 Å². The van der Waals surface area contributed by atoms with E-state index in [9.17, 15) is 9.59 Å². The summed E-state index contributed by atoms with van der Waals surface area (Å²) < 4.78 is 56.9. The van der Waals surface area contributed by atoms with Crippen molar-refractivity contribution < 1.29 is 57.0 Å². The van der Waals surface area contributed by atoms with Crippen LogP contribution in [0.1, 0.15) is 20.7 Å². The molecule has 2 amide bonds. The van der Waals surface area contributed by atoms with Crippen LogP contribution in [0.15, 0.2) is 66.7 Å². The molecule has 2 aliphatic rings. The lowest BCUT2D eigenvalue weighted by Crippen LogP contribution is -2.29. The first-order valence-corrected chi connectivity index (χ1v) is 16.4. The molecule has 0 atom stereocenters. The molecular formula is C36H43NO12. The van der Waals surface area contributed by atoms with Gasteiger partial charge in [0.15, 0.2) is 0 Å². The number of hydrogen-bond acceptors (Lipinski definition) is 12. The fraction of sp³-hybridized carbons (Fsp3) is 0.444. The van der Waals surface area contributed by atoms with Crippen molar-refractivity contribution in [1.29, 1.82) is 0 Å². The fourth-order valence-corrected chi connectivity index (χ4v) is 4.89. The van der Waals surface area contributed by atoms with E-state index in [2.05, 4.69) is 0 Å². The number of ether oxygens (including phenoxy) is 10. The Morgan fingerprint density at radius 1 is 0.367 bits per heavy atom. The Labute approximate surface area is 285 Å². The lowest BCUT2D eigenvalue weighted by molar-refractivity contribution is 0.00435. The van der Waals surface area contributed by atoms with Crippen LogP contribution in [0, 0.1) is 0 Å². The maximum absolute atomic E-state index is 13.2. The average molecular weight is 682 g/mol. The van der Waals surface area contributed by atoms with Gasteiger partial charge in [-0.2, -0.15) is 0 Å². The van der Waals surface area contributed by atoms with Gasteiger partial charge in [0.05, 0.1) is 96.1 Å². The van der Waals surface area contributed by atoms with Gasteiger partial charge in [0, 0.05) is 24.3 Å². The molecule has 3 aromatic rings. The summed E-state index contributed by atoms with van der Waals surface area (Å²) in [5.41, 5.74) is 1.05. The second-order valence-corrected chi connectivity index (χ2v) is 10.7. The van der Waals surface area contributed by atoms with Crippen LogP contribution in [-0.4, -0.2) is 118 Å². The Morgan fingerprint density at radius 2 is 0.694 bits per heavy atom. The second-order valence-electron chi connectivity index (χ2n) is 10.7. The van der Waals surface area contributed by atoms with Gasteiger partial charge >= 0.3 is 0 Å². The number of amides is 2. The lowest BCUT2D eigenvalue weighted by Gasteiger charge is -2.18. The van der Waals surface area contributed by atoms with Crippen molar-refractivity contribution in [2.45, 2.75) is 0 Å². The minimum absolute atomic E-state index is 0.233. The molecular weight excluding hydrogens is 638 g/mol. The number of carbonyl (C=O) groups is 2. The van der Waals surface area contributed by atoms with Crippen molar-refractivity contribution in [3.8, 4) is 23.0 Å². The van der Waals surface area contributed by atoms with Crippen LogP contribution in [0.2, 0.25) is 0 Å². The Balaban J connectivity index is 1.12. The van der Waals surface area contributed by atoms with Gasteiger partial charge in [-0.25, -0.2) is 4.90 Å². The quantitative estimate of drug-likeness (QED) is 0.347. The molecule has 0 radical (unpaired) electrons. The molecule has 5 rings (SSSR count). The molecule has 4 bridgehead atoms. The van der Waals surface area contributed by atoms with Crippen LogP contribution in [0.25, 0.3) is 0 Å². The van der Waals surface area contributed by atoms with Gasteiger partial charge in [-0.15, -0.1) is 0 Å². The molecule has 0 saturated carbocycles. The Hall–Kier alpha value is -4.24. The van der Waals surface area contributed by atoms with Gasteiger partial charge in [-0.1, -0.05) is 18.2 Å². The smallest absolute Gasteiger partial charge is 0.266 e. The summed E-state index contributed by atoms with van der Waals surface area (Å²) in [6.45, 7) is 6.00. The molecule has 0 fully saturated rings. The number of anilines is 1. The highest BCUT2D eigenvalue weighted by atomic mass is 16.6. The third kappa shape index (κ3) is 11.7. The molecule has 3 aromatic carbocycles. The molecule has 2 heterocycles. The maximum Gasteiger partial charge on any atom is 0.266 e. The summed E-state index contributed by atoms with van der Waals surface area (Å²) in [5.74, 6) is 1.43. The van der Waals surface area contributed by atoms with Gasteiger partial charge < -0.3 is 47.4 Å². The highest BCUT2D eigenvalue weighted by molar-refractivity contribution is 6.34. The van der Waals surface area contributed by atoms with Crippen molar-refractivity contribution in [2.24, 2.45) is 0 Å². The van der Waals surface area contributed by atoms with E-state index in [0.29, 0.717) is 132 Å². The van der Waals surface area contributed by atoms with Crippen LogP contribution < -0.4 is 23.8 Å². The minimum atomic E-state index is -0.406. The van der Waals surface area contributed by atoms with Gasteiger partial charge in [-0.05, 0) is 24.3 Å². The van der Waals surface area contributed by atoms with E-state index in [-0.39, 0.29) is 13.2 Å². The number of hydrogen-bond donors (Lipinski definition) is 0. The van der Waals surface area contributed by atoms with E-state index in [1.54, 1.807) is 42.5 Å². The van der Waals surface area contributed by atoms with Crippen LogP contribution >= 0.6 is 0 Å². The summed E-state index contributed by atoms with van der Waals surface area (Å²) in [7, 11) is 0. The summed E-state index contributed by atoms with van der Waals surface area (Å²) in [6.07, 6.45) is 0. The van der Waals surface area contributed by atoms with E-state index in [0.717, 1.165) is 4.90 Å². The molecule has 13 heteroatoms. The number of benzene rings is 3. The van der Waals surface area contributed by atoms with E-state index >= 15 is 0 Å². The van der Waals surface area contributed by atoms with Crippen LogP contribution in [-0.2, 0) is 28.4 Å². The largest absolute Gasteiger partial charge is 0.491 e. The summed E-state index contributed by atoms with van der Waals surface area (Å²) >= 11 is 0. The third-order valence-corrected chi connectivity index (χ3v) is 7.20. The van der Waals surface area contributed by atoms with E-state index in [4.69, 9.17) is 47.4 Å². The highest BCUT2D eigenvalue weighted by Crippen LogP contribution is 2.34. The number of rotatable bonds is 1. The van der Waals surface area contributed by atoms with E-state index in [1.165, 1.54) is 0 Å². The van der Waals surface area contributed by atoms with Gasteiger partial charge in [0.25, 0.3) is 11.8 Å². The number of fused-ring (bicyclic) bond motifs is 5. The number of nitrogens with zero attached hydrogens (tertiary/aromatic N) is 1. The molecule has 0 saturated heterocycles. The second kappa shape index (κ2) is 20.3. The fourth-order valence-electron chi connectivity index (χ4n) is 4.89. The molecule has 0 unspecified atom stereocenters. The standard InChI is InChI=1S/C36H43NO12/c38-35-33-6-1-2-7-34(33)36(39)37(35)28-24-31-27-32(25-28)49-23-19-45-15-11-41-9-13-43-17-21-47-30-5-3-4-29(26-30)46-20-16-42-12-8-40-10-14-44-18-22-48-31/h1-7,24-27H,8-23H2. The van der Waals surface area contributed by atoms with Crippen LogP contribution in [0.5, 0.6) is 23.0 Å². The minimum Gasteiger partial charge on any atom is -0.491 e. The summed E-state index contributed by atoms with van der Waals surface area (Å²) in [6, 6.07) is 19.1. The SMILES string of the molecule is O=C1c2ccccc2C(=O)N1c1cc2cc(c1)OCCOCCOCCOCCOc1cccc(c1)OCCOCCOCCOCCO2. The van der Waals surface area contributed by atoms with E-state index < -0.39 is 11.8 Å². The molecule has 0 aromatic heterocycles. The zero-order valence-corrected chi connectivity index (χ0v) is 27.5. The maximum atomic E-state index is 13.2. The van der Waals surface area contributed by atoms with Crippen molar-refractivity contribution in [2.75, 3.05) is 111 Å². The molecule has 0 aliphatic carbocycles. The predicted molar refractivity (Wildman–Crippen MR) is 177 cm³/mol. The zero-order valence-electron chi connectivity index (χ0n) is 27.5. The number of imide groups is 1.